The fraction of sp³-hybridized carbons (Fsp3) is 0.211. The van der Waals surface area contributed by atoms with Gasteiger partial charge in [0.15, 0.2) is 11.0 Å². The molecule has 0 amide bonds. The predicted octanol–water partition coefficient (Wildman–Crippen LogP) is 3.24. The minimum absolute atomic E-state index is 1.18. The molecule has 3 heteroatoms. The van der Waals surface area contributed by atoms with E-state index in [1.807, 2.05) is 0 Å². The number of fused-ring (bicyclic) bond motifs is 1. The SMILES string of the molecule is CN(C)c1ccc(C=Cc2n(C)c3ccccc3[n+]2C)cc1. The monoisotopic (exact) mass is 292 g/mol. The van der Waals surface area contributed by atoms with Gasteiger partial charge in [0.1, 0.15) is 0 Å². The molecule has 0 spiro atoms. The van der Waals surface area contributed by atoms with Crippen molar-refractivity contribution in [2.45, 2.75) is 0 Å². The molecule has 0 unspecified atom stereocenters. The van der Waals surface area contributed by atoms with Gasteiger partial charge in [0.2, 0.25) is 0 Å². The number of hydrogen-bond donors (Lipinski definition) is 0. The van der Waals surface area contributed by atoms with Gasteiger partial charge in [0, 0.05) is 25.9 Å². The summed E-state index contributed by atoms with van der Waals surface area (Å²) >= 11 is 0. The van der Waals surface area contributed by atoms with Gasteiger partial charge in [-0.05, 0) is 35.9 Å². The Labute approximate surface area is 131 Å². The van der Waals surface area contributed by atoms with Crippen LogP contribution in [0.1, 0.15) is 11.4 Å². The summed E-state index contributed by atoms with van der Waals surface area (Å²) in [6, 6.07) is 17.0. The van der Waals surface area contributed by atoms with Crippen LogP contribution in [0.3, 0.4) is 0 Å². The molecule has 0 aliphatic rings. The molecule has 2 aromatic carbocycles. The highest BCUT2D eigenvalue weighted by Gasteiger charge is 2.16. The average molecular weight is 292 g/mol. The topological polar surface area (TPSA) is 12.1 Å². The molecule has 22 heavy (non-hydrogen) atoms. The Balaban J connectivity index is 1.95. The van der Waals surface area contributed by atoms with Crippen molar-refractivity contribution in [2.24, 2.45) is 14.1 Å². The van der Waals surface area contributed by atoms with E-state index in [1.54, 1.807) is 0 Å². The largest absolute Gasteiger partial charge is 0.378 e. The van der Waals surface area contributed by atoms with Gasteiger partial charge in [-0.25, -0.2) is 9.13 Å². The van der Waals surface area contributed by atoms with Crippen LogP contribution < -0.4 is 9.47 Å². The highest BCUT2D eigenvalue weighted by Crippen LogP contribution is 2.16. The molecule has 0 radical (unpaired) electrons. The Kier molecular flexibility index (Phi) is 3.72. The first kappa shape index (κ1) is 14.4. The lowest BCUT2D eigenvalue weighted by atomic mass is 10.2. The van der Waals surface area contributed by atoms with Crippen molar-refractivity contribution in [3.05, 3.63) is 59.9 Å². The second kappa shape index (κ2) is 5.68. The summed E-state index contributed by atoms with van der Waals surface area (Å²) in [4.78, 5) is 2.11. The normalized spacial score (nSPS) is 11.5. The number of anilines is 1. The van der Waals surface area contributed by atoms with E-state index in [9.17, 15) is 0 Å². The molecule has 0 bridgehead atoms. The molecule has 0 atom stereocenters. The third-order valence-electron chi connectivity index (χ3n) is 4.13. The number of benzene rings is 2. The van der Waals surface area contributed by atoms with E-state index < -0.39 is 0 Å². The number of imidazole rings is 1. The van der Waals surface area contributed by atoms with Crippen molar-refractivity contribution in [1.29, 1.82) is 0 Å². The fourth-order valence-electron chi connectivity index (χ4n) is 2.78. The van der Waals surface area contributed by atoms with Crippen molar-refractivity contribution in [2.75, 3.05) is 19.0 Å². The number of para-hydroxylation sites is 2. The van der Waals surface area contributed by atoms with Crippen LogP contribution in [0.5, 0.6) is 0 Å². The molecule has 112 valence electrons. The van der Waals surface area contributed by atoms with Gasteiger partial charge in [0.25, 0.3) is 5.82 Å². The Morgan fingerprint density at radius 3 is 2.27 bits per heavy atom. The summed E-state index contributed by atoms with van der Waals surface area (Å²) in [6.07, 6.45) is 4.33. The lowest BCUT2D eigenvalue weighted by Gasteiger charge is -2.11. The fourth-order valence-corrected chi connectivity index (χ4v) is 2.78. The number of aryl methyl sites for hydroxylation is 2. The molecular formula is C19H22N3+. The van der Waals surface area contributed by atoms with Crippen molar-refractivity contribution < 1.29 is 4.57 Å². The molecule has 0 saturated carbocycles. The van der Waals surface area contributed by atoms with Crippen LogP contribution in [0.15, 0.2) is 48.5 Å². The lowest BCUT2D eigenvalue weighted by Crippen LogP contribution is -2.30. The quantitative estimate of drug-likeness (QED) is 0.675. The van der Waals surface area contributed by atoms with E-state index in [-0.39, 0.29) is 0 Å². The zero-order valence-electron chi connectivity index (χ0n) is 13.6. The van der Waals surface area contributed by atoms with Crippen molar-refractivity contribution in [3.63, 3.8) is 0 Å². The Hall–Kier alpha value is -2.55. The maximum atomic E-state index is 2.22. The second-order valence-corrected chi connectivity index (χ2v) is 5.78. The zero-order chi connectivity index (χ0) is 15.7. The Bertz CT molecular complexity index is 785. The summed E-state index contributed by atoms with van der Waals surface area (Å²) in [5, 5.41) is 0. The maximum Gasteiger partial charge on any atom is 0.281 e. The van der Waals surface area contributed by atoms with Crippen LogP contribution in [-0.2, 0) is 14.1 Å². The van der Waals surface area contributed by atoms with Crippen LogP contribution in [0, 0.1) is 0 Å². The van der Waals surface area contributed by atoms with E-state index in [2.05, 4.69) is 103 Å². The number of rotatable bonds is 3. The van der Waals surface area contributed by atoms with Gasteiger partial charge in [-0.1, -0.05) is 24.3 Å². The molecule has 3 rings (SSSR count). The molecule has 1 aromatic heterocycles. The van der Waals surface area contributed by atoms with Gasteiger partial charge in [-0.15, -0.1) is 0 Å². The van der Waals surface area contributed by atoms with Crippen LogP contribution in [-0.4, -0.2) is 18.7 Å². The third-order valence-corrected chi connectivity index (χ3v) is 4.13. The summed E-state index contributed by atoms with van der Waals surface area (Å²) in [5.41, 5.74) is 4.91. The first-order valence-corrected chi connectivity index (χ1v) is 7.47. The minimum Gasteiger partial charge on any atom is -0.378 e. The molecule has 0 saturated heterocycles. The molecule has 0 aliphatic heterocycles. The molecule has 1 heterocycles. The van der Waals surface area contributed by atoms with E-state index >= 15 is 0 Å². The summed E-state index contributed by atoms with van der Waals surface area (Å²) in [7, 11) is 8.33. The molecule has 0 aliphatic carbocycles. The van der Waals surface area contributed by atoms with Gasteiger partial charge >= 0.3 is 0 Å². The van der Waals surface area contributed by atoms with Crippen LogP contribution in [0.2, 0.25) is 0 Å². The predicted molar refractivity (Wildman–Crippen MR) is 93.8 cm³/mol. The highest BCUT2D eigenvalue weighted by atomic mass is 15.1. The van der Waals surface area contributed by atoms with Crippen molar-refractivity contribution in [1.82, 2.24) is 4.57 Å². The lowest BCUT2D eigenvalue weighted by molar-refractivity contribution is -0.647. The molecule has 0 N–H and O–H groups in total. The van der Waals surface area contributed by atoms with Crippen LogP contribution in [0.25, 0.3) is 23.2 Å². The summed E-state index contributed by atoms with van der Waals surface area (Å²) < 4.78 is 4.44. The van der Waals surface area contributed by atoms with Crippen molar-refractivity contribution in [3.8, 4) is 0 Å². The van der Waals surface area contributed by atoms with Gasteiger partial charge in [-0.2, -0.15) is 0 Å². The first-order valence-electron chi connectivity index (χ1n) is 7.47. The molecule has 0 fully saturated rings. The van der Waals surface area contributed by atoms with E-state index in [0.717, 1.165) is 0 Å². The van der Waals surface area contributed by atoms with E-state index in [1.165, 1.54) is 28.1 Å². The molecule has 3 aromatic rings. The minimum atomic E-state index is 1.18. The standard InChI is InChI=1S/C19H22N3/c1-20(2)16-12-9-15(10-13-16)11-14-19-21(3)17-7-5-6-8-18(17)22(19)4/h5-14H,1-4H3/q+1. The Morgan fingerprint density at radius 1 is 0.955 bits per heavy atom. The van der Waals surface area contributed by atoms with Crippen LogP contribution >= 0.6 is 0 Å². The van der Waals surface area contributed by atoms with E-state index in [0.29, 0.717) is 0 Å². The number of aromatic nitrogens is 2. The zero-order valence-corrected chi connectivity index (χ0v) is 13.6. The van der Waals surface area contributed by atoms with Crippen LogP contribution in [0.4, 0.5) is 5.69 Å². The Morgan fingerprint density at radius 2 is 1.64 bits per heavy atom. The third kappa shape index (κ3) is 2.50. The second-order valence-electron chi connectivity index (χ2n) is 5.78. The number of nitrogens with zero attached hydrogens (tertiary/aromatic N) is 3. The van der Waals surface area contributed by atoms with Gasteiger partial charge in [0.05, 0.1) is 14.1 Å². The maximum absolute atomic E-state index is 2.22. The van der Waals surface area contributed by atoms with Gasteiger partial charge in [-0.3, -0.25) is 0 Å². The number of hydrogen-bond acceptors (Lipinski definition) is 1. The van der Waals surface area contributed by atoms with Gasteiger partial charge < -0.3 is 4.90 Å². The molecular weight excluding hydrogens is 270 g/mol. The summed E-state index contributed by atoms with van der Waals surface area (Å²) in [5.74, 6) is 1.18. The molecule has 3 nitrogen and oxygen atoms in total. The van der Waals surface area contributed by atoms with Crippen molar-refractivity contribution >= 4 is 28.9 Å². The van der Waals surface area contributed by atoms with E-state index in [4.69, 9.17) is 0 Å². The smallest absolute Gasteiger partial charge is 0.281 e. The highest BCUT2D eigenvalue weighted by molar-refractivity contribution is 5.76. The average Bonchev–Trinajstić information content (AvgIpc) is 2.78. The first-order chi connectivity index (χ1) is 10.6. The summed E-state index contributed by atoms with van der Waals surface area (Å²) in [6.45, 7) is 0.